The van der Waals surface area contributed by atoms with Crippen LogP contribution in [0, 0.1) is 5.82 Å². The van der Waals surface area contributed by atoms with Crippen molar-refractivity contribution in [3.8, 4) is 5.75 Å². The van der Waals surface area contributed by atoms with E-state index < -0.39 is 23.9 Å². The zero-order valence-corrected chi connectivity index (χ0v) is 20.9. The highest BCUT2D eigenvalue weighted by molar-refractivity contribution is 6.32. The molecule has 0 radical (unpaired) electrons. The molecule has 0 bridgehead atoms. The van der Waals surface area contributed by atoms with Crippen LogP contribution >= 0.6 is 11.6 Å². The van der Waals surface area contributed by atoms with E-state index in [0.717, 1.165) is 11.1 Å². The van der Waals surface area contributed by atoms with E-state index in [-0.39, 0.29) is 36.7 Å². The van der Waals surface area contributed by atoms with Crippen molar-refractivity contribution >= 4 is 35.1 Å². The highest BCUT2D eigenvalue weighted by atomic mass is 35.5. The molecule has 1 aliphatic rings. The van der Waals surface area contributed by atoms with Gasteiger partial charge in [-0.1, -0.05) is 24.3 Å². The summed E-state index contributed by atoms with van der Waals surface area (Å²) in [6, 6.07) is 11.8. The van der Waals surface area contributed by atoms with E-state index in [1.54, 1.807) is 26.8 Å². The van der Waals surface area contributed by atoms with Crippen LogP contribution in [0.1, 0.15) is 31.9 Å². The van der Waals surface area contributed by atoms with Crippen LogP contribution in [-0.4, -0.2) is 46.8 Å². The van der Waals surface area contributed by atoms with Crippen LogP contribution in [0.2, 0.25) is 0 Å². The average Bonchev–Trinajstić information content (AvgIpc) is 2.85. The maximum atomic E-state index is 14.5. The van der Waals surface area contributed by atoms with Crippen LogP contribution in [-0.2, 0) is 26.8 Å². The lowest BCUT2D eigenvalue weighted by atomic mass is 10.1. The van der Waals surface area contributed by atoms with E-state index in [1.165, 1.54) is 23.2 Å². The number of anilines is 1. The Balaban J connectivity index is 1.87. The quantitative estimate of drug-likeness (QED) is 0.278. The molecule has 1 heterocycles. The van der Waals surface area contributed by atoms with Gasteiger partial charge in [-0.2, -0.15) is 0 Å². The maximum absolute atomic E-state index is 14.5. The average molecular weight is 519 g/mol. The third-order valence-corrected chi connectivity index (χ3v) is 5.28. The Morgan fingerprint density at radius 3 is 2.50 bits per heavy atom. The molecule has 3 N–H and O–H groups in total. The third kappa shape index (κ3) is 6.96. The Labute approximate surface area is 213 Å². The number of amides is 1. The van der Waals surface area contributed by atoms with Gasteiger partial charge < -0.3 is 30.1 Å². The van der Waals surface area contributed by atoms with Crippen molar-refractivity contribution in [1.82, 2.24) is 10.2 Å². The molecule has 0 saturated carbocycles. The molecule has 11 heteroatoms. The first-order chi connectivity index (χ1) is 17.2. The van der Waals surface area contributed by atoms with Crippen molar-refractivity contribution in [2.45, 2.75) is 45.5 Å². The van der Waals surface area contributed by atoms with E-state index in [1.807, 2.05) is 24.3 Å². The van der Waals surface area contributed by atoms with Gasteiger partial charge in [-0.05, 0) is 44.0 Å². The van der Waals surface area contributed by atoms with E-state index in [0.29, 0.717) is 11.6 Å². The lowest BCUT2D eigenvalue weighted by Gasteiger charge is -2.34. The second kappa shape index (κ2) is 12.4. The van der Waals surface area contributed by atoms with Gasteiger partial charge in [0.2, 0.25) is 5.96 Å². The van der Waals surface area contributed by atoms with E-state index >= 15 is 0 Å². The zero-order chi connectivity index (χ0) is 26.2. The Morgan fingerprint density at radius 1 is 1.19 bits per heavy atom. The fourth-order valence-corrected chi connectivity index (χ4v) is 3.46. The molecule has 1 amide bonds. The number of carbonyl (C=O) groups is 2. The van der Waals surface area contributed by atoms with Crippen molar-refractivity contribution in [3.05, 3.63) is 71.3 Å². The summed E-state index contributed by atoms with van der Waals surface area (Å²) < 4.78 is 24.6. The Kier molecular flexibility index (Phi) is 9.26. The molecule has 0 aliphatic carbocycles. The van der Waals surface area contributed by atoms with Crippen LogP contribution in [0.5, 0.6) is 5.75 Å². The van der Waals surface area contributed by atoms with Crippen LogP contribution < -0.4 is 15.4 Å². The number of aliphatic hydroxyl groups is 1. The molecule has 2 aromatic carbocycles. The van der Waals surface area contributed by atoms with Crippen molar-refractivity contribution in [2.75, 3.05) is 11.9 Å². The molecule has 3 rings (SSSR count). The summed E-state index contributed by atoms with van der Waals surface area (Å²) in [7, 11) is 0. The number of halogens is 2. The molecule has 0 aromatic heterocycles. The largest absolute Gasteiger partial charge is 0.488 e. The van der Waals surface area contributed by atoms with Gasteiger partial charge in [0.05, 0.1) is 24.6 Å². The number of benzene rings is 2. The Morgan fingerprint density at radius 2 is 1.89 bits per heavy atom. The van der Waals surface area contributed by atoms with E-state index in [9.17, 15) is 19.1 Å². The highest BCUT2D eigenvalue weighted by Gasteiger charge is 2.30. The minimum atomic E-state index is -1.38. The van der Waals surface area contributed by atoms with Crippen molar-refractivity contribution < 1.29 is 28.6 Å². The number of hydrogen-bond acceptors (Lipinski definition) is 8. The van der Waals surface area contributed by atoms with Gasteiger partial charge in [-0.25, -0.2) is 14.2 Å². The number of esters is 1. The fourth-order valence-electron chi connectivity index (χ4n) is 3.28. The Bertz CT molecular complexity index is 1150. The summed E-state index contributed by atoms with van der Waals surface area (Å²) in [4.78, 5) is 29.6. The zero-order valence-electron chi connectivity index (χ0n) is 20.1. The number of nitrogens with zero attached hydrogens (tertiary/aromatic N) is 2. The summed E-state index contributed by atoms with van der Waals surface area (Å²) in [6.07, 6.45) is -0.362. The second-order valence-corrected chi connectivity index (χ2v) is 8.37. The predicted octanol–water partition coefficient (Wildman–Crippen LogP) is 3.47. The van der Waals surface area contributed by atoms with Crippen LogP contribution in [0.3, 0.4) is 0 Å². The Hall–Kier alpha value is -3.63. The molecular weight excluding hydrogens is 491 g/mol. The SMILES string of the molecule is CCOC(=O)C(=O)NC1=CN=C(Nc2ccc(OC(C)C)c(F)c2)N(Cc2ccc(CCl)cc2)[C@@H]1O. The normalized spacial score (nSPS) is 15.2. The van der Waals surface area contributed by atoms with Crippen LogP contribution in [0.4, 0.5) is 10.1 Å². The molecule has 0 fully saturated rings. The highest BCUT2D eigenvalue weighted by Crippen LogP contribution is 2.24. The number of rotatable bonds is 8. The fraction of sp³-hybridized carbons (Fsp3) is 0.320. The van der Waals surface area contributed by atoms with Gasteiger partial charge in [0, 0.05) is 24.2 Å². The molecule has 9 nitrogen and oxygen atoms in total. The topological polar surface area (TPSA) is 112 Å². The number of alkyl halides is 1. The first kappa shape index (κ1) is 27.0. The smallest absolute Gasteiger partial charge is 0.397 e. The molecule has 0 saturated heterocycles. The van der Waals surface area contributed by atoms with Crippen molar-refractivity contribution in [3.63, 3.8) is 0 Å². The summed E-state index contributed by atoms with van der Waals surface area (Å²) in [6.45, 7) is 5.36. The molecule has 192 valence electrons. The molecule has 0 unspecified atom stereocenters. The first-order valence-electron chi connectivity index (χ1n) is 11.3. The summed E-state index contributed by atoms with van der Waals surface area (Å²) in [5, 5.41) is 16.4. The van der Waals surface area contributed by atoms with E-state index in [4.69, 9.17) is 21.1 Å². The summed E-state index contributed by atoms with van der Waals surface area (Å²) in [5.41, 5.74) is 2.07. The van der Waals surface area contributed by atoms with Crippen molar-refractivity contribution in [1.29, 1.82) is 0 Å². The van der Waals surface area contributed by atoms with Crippen molar-refractivity contribution in [2.24, 2.45) is 4.99 Å². The summed E-state index contributed by atoms with van der Waals surface area (Å²) in [5.74, 6) is -2.03. The number of guanidine groups is 1. The van der Waals surface area contributed by atoms with Gasteiger partial charge in [0.25, 0.3) is 0 Å². The summed E-state index contributed by atoms with van der Waals surface area (Å²) >= 11 is 5.87. The van der Waals surface area contributed by atoms with Crippen LogP contribution in [0.15, 0.2) is 59.4 Å². The van der Waals surface area contributed by atoms with E-state index in [2.05, 4.69) is 15.6 Å². The standard InChI is InChI=1S/C25H28ClFN4O5/c1-4-35-24(34)22(32)30-20-13-28-25(29-18-9-10-21(19(27)11-18)36-15(2)3)31(23(20)33)14-17-7-5-16(12-26)6-8-17/h5-11,13,15,23,33H,4,12,14H2,1-3H3,(H,28,29)(H,30,32)/t23-/m1/s1. The lowest BCUT2D eigenvalue weighted by molar-refractivity contribution is -0.154. The molecule has 0 spiro atoms. The number of hydrogen-bond donors (Lipinski definition) is 3. The molecule has 36 heavy (non-hydrogen) atoms. The van der Waals surface area contributed by atoms with Crippen LogP contribution in [0.25, 0.3) is 0 Å². The predicted molar refractivity (Wildman–Crippen MR) is 134 cm³/mol. The number of aliphatic imine (C=N–C) groups is 1. The minimum absolute atomic E-state index is 0.0251. The van der Waals surface area contributed by atoms with Gasteiger partial charge in [0.15, 0.2) is 17.8 Å². The monoisotopic (exact) mass is 518 g/mol. The maximum Gasteiger partial charge on any atom is 0.397 e. The number of carbonyl (C=O) groups excluding carboxylic acids is 2. The molecular formula is C25H28ClFN4O5. The number of nitrogens with one attached hydrogen (secondary N) is 2. The second-order valence-electron chi connectivity index (χ2n) is 8.10. The van der Waals surface area contributed by atoms with Gasteiger partial charge in [-0.3, -0.25) is 4.79 Å². The third-order valence-electron chi connectivity index (χ3n) is 4.97. The van der Waals surface area contributed by atoms with Gasteiger partial charge >= 0.3 is 11.9 Å². The lowest BCUT2D eigenvalue weighted by Crippen LogP contribution is -2.50. The molecule has 1 aliphatic heterocycles. The number of aliphatic hydroxyl groups excluding tert-OH is 1. The first-order valence-corrected chi connectivity index (χ1v) is 11.8. The van der Waals surface area contributed by atoms with Gasteiger partial charge in [0.1, 0.15) is 0 Å². The molecule has 2 aromatic rings. The molecule has 1 atom stereocenters. The minimum Gasteiger partial charge on any atom is -0.488 e. The number of ether oxygens (including phenoxy) is 2. The van der Waals surface area contributed by atoms with Gasteiger partial charge in [-0.15, -0.1) is 11.6 Å².